The quantitative estimate of drug-likeness (QED) is 0.555. The van der Waals surface area contributed by atoms with Crippen LogP contribution in [0.2, 0.25) is 0 Å². The minimum absolute atomic E-state index is 0.164. The van der Waals surface area contributed by atoms with Gasteiger partial charge in [0.25, 0.3) is 0 Å². The molecule has 0 aliphatic carbocycles. The van der Waals surface area contributed by atoms with Crippen molar-refractivity contribution in [3.05, 3.63) is 47.5 Å². The van der Waals surface area contributed by atoms with Gasteiger partial charge in [-0.1, -0.05) is 0 Å². The topological polar surface area (TPSA) is 79.1 Å². The van der Waals surface area contributed by atoms with Gasteiger partial charge in [0.05, 0.1) is 37.1 Å². The van der Waals surface area contributed by atoms with Crippen LogP contribution in [0, 0.1) is 6.92 Å². The molecule has 7 nitrogen and oxygen atoms in total. The number of carbonyl (C=O) groups is 1. The third-order valence-electron chi connectivity index (χ3n) is 4.01. The van der Waals surface area contributed by atoms with Crippen LogP contribution in [0.4, 0.5) is 13.2 Å². The number of aromatic nitrogens is 4. The van der Waals surface area contributed by atoms with Crippen LogP contribution in [0.5, 0.6) is 5.88 Å². The molecular weight excluding hydrogens is 389 g/mol. The van der Waals surface area contributed by atoms with Crippen molar-refractivity contribution >= 4 is 16.9 Å². The van der Waals surface area contributed by atoms with Crippen molar-refractivity contribution in [3.63, 3.8) is 0 Å². The van der Waals surface area contributed by atoms with Gasteiger partial charge in [0.1, 0.15) is 0 Å². The Hall–Kier alpha value is -3.17. The molecule has 0 unspecified atom stereocenters. The molecule has 3 aromatic heterocycles. The number of aryl methyl sites for hydroxylation is 1. The first kappa shape index (κ1) is 20.6. The fraction of sp³-hybridized carbons (Fsp3) is 0.368. The number of esters is 1. The predicted molar refractivity (Wildman–Crippen MR) is 97.7 cm³/mol. The molecule has 0 aliphatic rings. The third-order valence-corrected chi connectivity index (χ3v) is 4.01. The Morgan fingerprint density at radius 2 is 2.07 bits per heavy atom. The van der Waals surface area contributed by atoms with Gasteiger partial charge in [-0.25, -0.2) is 14.8 Å². The van der Waals surface area contributed by atoms with Crippen molar-refractivity contribution in [1.29, 1.82) is 0 Å². The fourth-order valence-corrected chi connectivity index (χ4v) is 2.75. The Labute approximate surface area is 164 Å². The normalized spacial score (nSPS) is 11.6. The lowest BCUT2D eigenvalue weighted by molar-refractivity contribution is -0.139. The van der Waals surface area contributed by atoms with Gasteiger partial charge in [-0.3, -0.25) is 4.68 Å². The SMILES string of the molecule is CCOC(=O)c1nccc2nn(Cc3cnc(OCCC(F)(F)F)c(C)c3)cc12. The van der Waals surface area contributed by atoms with Gasteiger partial charge in [0, 0.05) is 24.2 Å². The first-order valence-electron chi connectivity index (χ1n) is 8.91. The van der Waals surface area contributed by atoms with E-state index in [9.17, 15) is 18.0 Å². The monoisotopic (exact) mass is 408 g/mol. The molecule has 154 valence electrons. The van der Waals surface area contributed by atoms with Gasteiger partial charge in [-0.05, 0) is 31.5 Å². The van der Waals surface area contributed by atoms with Crippen LogP contribution in [0.1, 0.15) is 35.0 Å². The molecule has 3 aromatic rings. The highest BCUT2D eigenvalue weighted by Crippen LogP contribution is 2.22. The van der Waals surface area contributed by atoms with E-state index in [1.807, 2.05) is 0 Å². The smallest absolute Gasteiger partial charge is 0.392 e. The average Bonchev–Trinajstić information content (AvgIpc) is 3.05. The maximum Gasteiger partial charge on any atom is 0.392 e. The van der Waals surface area contributed by atoms with Gasteiger partial charge < -0.3 is 9.47 Å². The van der Waals surface area contributed by atoms with Crippen molar-refractivity contribution in [2.24, 2.45) is 0 Å². The largest absolute Gasteiger partial charge is 0.477 e. The van der Waals surface area contributed by atoms with Crippen molar-refractivity contribution in [2.45, 2.75) is 33.0 Å². The number of halogens is 3. The summed E-state index contributed by atoms with van der Waals surface area (Å²) in [6, 6.07) is 3.46. The summed E-state index contributed by atoms with van der Waals surface area (Å²) in [4.78, 5) is 20.2. The van der Waals surface area contributed by atoms with Crippen molar-refractivity contribution in [3.8, 4) is 5.88 Å². The van der Waals surface area contributed by atoms with Crippen LogP contribution in [0.3, 0.4) is 0 Å². The summed E-state index contributed by atoms with van der Waals surface area (Å²) in [5, 5.41) is 5.00. The van der Waals surface area contributed by atoms with E-state index in [0.717, 1.165) is 5.56 Å². The molecule has 0 saturated carbocycles. The van der Waals surface area contributed by atoms with E-state index in [1.54, 1.807) is 36.9 Å². The molecule has 3 rings (SSSR count). The summed E-state index contributed by atoms with van der Waals surface area (Å²) in [7, 11) is 0. The summed E-state index contributed by atoms with van der Waals surface area (Å²) < 4.78 is 48.5. The lowest BCUT2D eigenvalue weighted by atomic mass is 10.2. The number of hydrogen-bond donors (Lipinski definition) is 0. The van der Waals surface area contributed by atoms with E-state index in [2.05, 4.69) is 15.1 Å². The molecule has 0 fully saturated rings. The van der Waals surface area contributed by atoms with Crippen LogP contribution < -0.4 is 4.74 Å². The standard InChI is InChI=1S/C19H19F3N4O3/c1-3-28-18(27)16-14-11-26(25-15(14)4-6-23-16)10-13-8-12(2)17(24-9-13)29-7-5-19(20,21)22/h4,6,8-9,11H,3,5,7,10H2,1-2H3. The first-order chi connectivity index (χ1) is 13.8. The lowest BCUT2D eigenvalue weighted by Crippen LogP contribution is -2.14. The fourth-order valence-electron chi connectivity index (χ4n) is 2.75. The summed E-state index contributed by atoms with van der Waals surface area (Å²) in [6.07, 6.45) is -0.602. The van der Waals surface area contributed by atoms with E-state index in [4.69, 9.17) is 9.47 Å². The summed E-state index contributed by atoms with van der Waals surface area (Å²) in [5.41, 5.74) is 2.19. The van der Waals surface area contributed by atoms with Gasteiger partial charge >= 0.3 is 12.1 Å². The molecule has 0 saturated heterocycles. The first-order valence-corrected chi connectivity index (χ1v) is 8.91. The number of pyridine rings is 2. The summed E-state index contributed by atoms with van der Waals surface area (Å²) >= 11 is 0. The Bertz CT molecular complexity index is 1020. The van der Waals surface area contributed by atoms with Crippen molar-refractivity contribution in [2.75, 3.05) is 13.2 Å². The Balaban J connectivity index is 1.74. The van der Waals surface area contributed by atoms with Gasteiger partial charge in [-0.2, -0.15) is 18.3 Å². The highest BCUT2D eigenvalue weighted by Gasteiger charge is 2.27. The van der Waals surface area contributed by atoms with Gasteiger partial charge in [-0.15, -0.1) is 0 Å². The Morgan fingerprint density at radius 1 is 1.28 bits per heavy atom. The van der Waals surface area contributed by atoms with Crippen LogP contribution in [0.15, 0.2) is 30.7 Å². The third kappa shape index (κ3) is 5.21. The molecule has 29 heavy (non-hydrogen) atoms. The summed E-state index contributed by atoms with van der Waals surface area (Å²) in [5.74, 6) is -0.354. The molecule has 0 amide bonds. The predicted octanol–water partition coefficient (Wildman–Crippen LogP) is 3.69. The van der Waals surface area contributed by atoms with E-state index in [0.29, 0.717) is 23.0 Å². The van der Waals surface area contributed by atoms with Crippen LogP contribution in [0.25, 0.3) is 10.9 Å². The second kappa shape index (κ2) is 8.46. The minimum atomic E-state index is -4.27. The minimum Gasteiger partial charge on any atom is -0.477 e. The molecule has 0 aliphatic heterocycles. The number of nitrogens with zero attached hydrogens (tertiary/aromatic N) is 4. The van der Waals surface area contributed by atoms with Crippen molar-refractivity contribution < 1.29 is 27.4 Å². The number of rotatable bonds is 7. The Kier molecular flexibility index (Phi) is 6.00. The zero-order valence-electron chi connectivity index (χ0n) is 15.9. The lowest BCUT2D eigenvalue weighted by Gasteiger charge is -2.11. The van der Waals surface area contributed by atoms with Crippen LogP contribution in [-0.2, 0) is 11.3 Å². The van der Waals surface area contributed by atoms with E-state index in [1.165, 1.54) is 12.4 Å². The number of ether oxygens (including phenoxy) is 2. The van der Waals surface area contributed by atoms with Gasteiger partial charge in [0.15, 0.2) is 5.69 Å². The maximum absolute atomic E-state index is 12.2. The second-order valence-electron chi connectivity index (χ2n) is 6.32. The Morgan fingerprint density at radius 3 is 2.76 bits per heavy atom. The number of fused-ring (bicyclic) bond motifs is 1. The molecule has 10 heteroatoms. The molecule has 0 aromatic carbocycles. The zero-order valence-corrected chi connectivity index (χ0v) is 15.9. The number of hydrogen-bond acceptors (Lipinski definition) is 6. The van der Waals surface area contributed by atoms with E-state index >= 15 is 0 Å². The molecule has 0 radical (unpaired) electrons. The average molecular weight is 408 g/mol. The molecule has 0 spiro atoms. The van der Waals surface area contributed by atoms with Crippen LogP contribution >= 0.6 is 0 Å². The zero-order chi connectivity index (χ0) is 21.0. The maximum atomic E-state index is 12.2. The number of alkyl halides is 3. The second-order valence-corrected chi connectivity index (χ2v) is 6.32. The molecular formula is C19H19F3N4O3. The molecule has 0 bridgehead atoms. The van der Waals surface area contributed by atoms with Crippen LogP contribution in [-0.4, -0.2) is 45.1 Å². The summed E-state index contributed by atoms with van der Waals surface area (Å²) in [6.45, 7) is 3.54. The van der Waals surface area contributed by atoms with E-state index in [-0.39, 0.29) is 18.2 Å². The highest BCUT2D eigenvalue weighted by molar-refractivity contribution is 6.01. The van der Waals surface area contributed by atoms with Gasteiger partial charge in [0.2, 0.25) is 5.88 Å². The van der Waals surface area contributed by atoms with Crippen molar-refractivity contribution in [1.82, 2.24) is 19.7 Å². The number of carbonyl (C=O) groups excluding carboxylic acids is 1. The highest BCUT2D eigenvalue weighted by atomic mass is 19.4. The molecule has 3 heterocycles. The molecule has 0 N–H and O–H groups in total. The molecule has 0 atom stereocenters. The van der Waals surface area contributed by atoms with E-state index < -0.39 is 25.2 Å².